The van der Waals surface area contributed by atoms with E-state index in [0.717, 1.165) is 0 Å². The van der Waals surface area contributed by atoms with Crippen molar-refractivity contribution in [3.63, 3.8) is 0 Å². The van der Waals surface area contributed by atoms with E-state index >= 15 is 0 Å². The molecule has 0 saturated carbocycles. The zero-order valence-corrected chi connectivity index (χ0v) is 10.4. The van der Waals surface area contributed by atoms with Gasteiger partial charge in [-0.1, -0.05) is 0 Å². The van der Waals surface area contributed by atoms with Crippen LogP contribution in [0.5, 0.6) is 0 Å². The molecule has 0 aromatic heterocycles. The molecule has 0 aliphatic rings. The van der Waals surface area contributed by atoms with Crippen LogP contribution in [0.2, 0.25) is 0 Å². The maximum atomic E-state index is 10.6. The lowest BCUT2D eigenvalue weighted by Gasteiger charge is -2.30. The number of rotatable bonds is 7. The smallest absolute Gasteiger partial charge is 0.217 e. The molecular formula is C11H23NO3. The third kappa shape index (κ3) is 7.33. The summed E-state index contributed by atoms with van der Waals surface area (Å²) in [7, 11) is 1.65. The summed E-state index contributed by atoms with van der Waals surface area (Å²) in [5, 5.41) is 0. The van der Waals surface area contributed by atoms with Gasteiger partial charge in [-0.05, 0) is 34.1 Å². The Morgan fingerprint density at radius 3 is 2.13 bits per heavy atom. The zero-order chi connectivity index (χ0) is 12.1. The van der Waals surface area contributed by atoms with E-state index in [-0.39, 0.29) is 17.1 Å². The lowest BCUT2D eigenvalue weighted by atomic mass is 10.0. The minimum absolute atomic E-state index is 0.294. The van der Waals surface area contributed by atoms with Crippen molar-refractivity contribution in [2.45, 2.75) is 51.7 Å². The predicted molar refractivity (Wildman–Crippen MR) is 59.5 cm³/mol. The lowest BCUT2D eigenvalue weighted by Crippen LogP contribution is -2.36. The standard InChI is InChI=1S/C11H23NO3/c1-10(2,7-6-9(12)13)15-8-11(3,4)14-5/h6-8H2,1-5H3,(H2,12,13). The van der Waals surface area contributed by atoms with Gasteiger partial charge in [0.1, 0.15) is 0 Å². The number of hydrogen-bond donors (Lipinski definition) is 1. The molecule has 4 heteroatoms. The van der Waals surface area contributed by atoms with Crippen LogP contribution in [0.1, 0.15) is 40.5 Å². The molecule has 0 spiro atoms. The Morgan fingerprint density at radius 2 is 1.73 bits per heavy atom. The molecule has 0 saturated heterocycles. The monoisotopic (exact) mass is 217 g/mol. The Hall–Kier alpha value is -0.610. The Balaban J connectivity index is 3.98. The van der Waals surface area contributed by atoms with E-state index in [4.69, 9.17) is 15.2 Å². The van der Waals surface area contributed by atoms with Crippen LogP contribution >= 0.6 is 0 Å². The van der Waals surface area contributed by atoms with Crippen molar-refractivity contribution >= 4 is 5.91 Å². The molecule has 0 aromatic carbocycles. The number of primary amides is 1. The van der Waals surface area contributed by atoms with Crippen molar-refractivity contribution in [1.82, 2.24) is 0 Å². The second kappa shape index (κ2) is 5.47. The molecule has 1 amide bonds. The van der Waals surface area contributed by atoms with Gasteiger partial charge in [0, 0.05) is 13.5 Å². The highest BCUT2D eigenvalue weighted by molar-refractivity contribution is 5.73. The fraction of sp³-hybridized carbons (Fsp3) is 0.909. The summed E-state index contributed by atoms with van der Waals surface area (Å²) in [6, 6.07) is 0. The Kier molecular flexibility index (Phi) is 5.24. The number of carbonyl (C=O) groups is 1. The number of amides is 1. The van der Waals surface area contributed by atoms with Gasteiger partial charge in [-0.25, -0.2) is 0 Å². The van der Waals surface area contributed by atoms with E-state index in [1.807, 2.05) is 27.7 Å². The van der Waals surface area contributed by atoms with Crippen molar-refractivity contribution in [1.29, 1.82) is 0 Å². The van der Waals surface area contributed by atoms with Crippen LogP contribution in [-0.2, 0) is 14.3 Å². The number of nitrogens with two attached hydrogens (primary N) is 1. The van der Waals surface area contributed by atoms with E-state index in [1.165, 1.54) is 0 Å². The molecule has 0 radical (unpaired) electrons. The highest BCUT2D eigenvalue weighted by Crippen LogP contribution is 2.19. The fourth-order valence-corrected chi connectivity index (χ4v) is 0.924. The largest absolute Gasteiger partial charge is 0.376 e. The molecular weight excluding hydrogens is 194 g/mol. The van der Waals surface area contributed by atoms with Crippen LogP contribution in [0.15, 0.2) is 0 Å². The summed E-state index contributed by atoms with van der Waals surface area (Å²) in [5.74, 6) is -0.294. The molecule has 0 aliphatic carbocycles. The van der Waals surface area contributed by atoms with Gasteiger partial charge in [-0.2, -0.15) is 0 Å². The second-order valence-electron chi connectivity index (χ2n) is 4.98. The van der Waals surface area contributed by atoms with Crippen LogP contribution in [0.3, 0.4) is 0 Å². The minimum Gasteiger partial charge on any atom is -0.376 e. The second-order valence-corrected chi connectivity index (χ2v) is 4.98. The molecule has 90 valence electrons. The summed E-state index contributed by atoms with van der Waals surface area (Å²) >= 11 is 0. The SMILES string of the molecule is COC(C)(C)COC(C)(C)CCC(N)=O. The highest BCUT2D eigenvalue weighted by atomic mass is 16.5. The molecule has 0 atom stereocenters. The molecule has 0 unspecified atom stereocenters. The number of ether oxygens (including phenoxy) is 2. The van der Waals surface area contributed by atoms with E-state index in [2.05, 4.69) is 0 Å². The summed E-state index contributed by atoms with van der Waals surface area (Å²) < 4.78 is 10.9. The first kappa shape index (κ1) is 14.4. The highest BCUT2D eigenvalue weighted by Gasteiger charge is 2.24. The molecule has 15 heavy (non-hydrogen) atoms. The molecule has 0 rings (SSSR count). The van der Waals surface area contributed by atoms with Gasteiger partial charge >= 0.3 is 0 Å². The van der Waals surface area contributed by atoms with Gasteiger partial charge in [0.05, 0.1) is 17.8 Å². The van der Waals surface area contributed by atoms with Crippen molar-refractivity contribution < 1.29 is 14.3 Å². The van der Waals surface area contributed by atoms with Crippen molar-refractivity contribution in [3.05, 3.63) is 0 Å². The summed E-state index contributed by atoms with van der Waals surface area (Å²) in [6.45, 7) is 8.30. The third-order valence-corrected chi connectivity index (χ3v) is 2.34. The van der Waals surface area contributed by atoms with Crippen LogP contribution in [0.25, 0.3) is 0 Å². The molecule has 4 nitrogen and oxygen atoms in total. The van der Waals surface area contributed by atoms with Crippen LogP contribution in [-0.4, -0.2) is 30.8 Å². The van der Waals surface area contributed by atoms with Crippen molar-refractivity contribution in [2.24, 2.45) is 5.73 Å². The summed E-state index contributed by atoms with van der Waals surface area (Å²) in [5.41, 5.74) is 4.44. The number of hydrogen-bond acceptors (Lipinski definition) is 3. The third-order valence-electron chi connectivity index (χ3n) is 2.34. The van der Waals surface area contributed by atoms with Gasteiger partial charge in [0.15, 0.2) is 0 Å². The maximum absolute atomic E-state index is 10.6. The topological polar surface area (TPSA) is 61.6 Å². The molecule has 0 fully saturated rings. The van der Waals surface area contributed by atoms with Gasteiger partial charge in [0.2, 0.25) is 5.91 Å². The van der Waals surface area contributed by atoms with Gasteiger partial charge in [-0.15, -0.1) is 0 Å². The van der Waals surface area contributed by atoms with Gasteiger partial charge in [-0.3, -0.25) is 4.79 Å². The average Bonchev–Trinajstić information content (AvgIpc) is 2.13. The molecule has 0 heterocycles. The van der Waals surface area contributed by atoms with Gasteiger partial charge < -0.3 is 15.2 Å². The Labute approximate surface area is 92.1 Å². The van der Waals surface area contributed by atoms with Crippen LogP contribution in [0.4, 0.5) is 0 Å². The normalized spacial score (nSPS) is 12.9. The number of methoxy groups -OCH3 is 1. The first-order chi connectivity index (χ1) is 6.68. The molecule has 0 bridgehead atoms. The summed E-state index contributed by atoms with van der Waals surface area (Å²) in [4.78, 5) is 10.6. The maximum Gasteiger partial charge on any atom is 0.217 e. The predicted octanol–water partition coefficient (Wildman–Crippen LogP) is 1.47. The van der Waals surface area contributed by atoms with Crippen molar-refractivity contribution in [3.8, 4) is 0 Å². The first-order valence-corrected chi connectivity index (χ1v) is 5.16. The number of carbonyl (C=O) groups excluding carboxylic acids is 1. The lowest BCUT2D eigenvalue weighted by molar-refractivity contribution is -0.124. The molecule has 0 aromatic rings. The zero-order valence-electron chi connectivity index (χ0n) is 10.4. The first-order valence-electron chi connectivity index (χ1n) is 5.16. The quantitative estimate of drug-likeness (QED) is 0.702. The van der Waals surface area contributed by atoms with E-state index in [0.29, 0.717) is 19.4 Å². The van der Waals surface area contributed by atoms with Crippen LogP contribution in [0, 0.1) is 0 Å². The van der Waals surface area contributed by atoms with E-state index in [9.17, 15) is 4.79 Å². The average molecular weight is 217 g/mol. The van der Waals surface area contributed by atoms with Crippen LogP contribution < -0.4 is 5.73 Å². The Morgan fingerprint density at radius 1 is 1.20 bits per heavy atom. The fourth-order valence-electron chi connectivity index (χ4n) is 0.924. The van der Waals surface area contributed by atoms with Crippen molar-refractivity contribution in [2.75, 3.05) is 13.7 Å². The minimum atomic E-state index is -0.342. The summed E-state index contributed by atoms with van der Waals surface area (Å²) in [6.07, 6.45) is 0.975. The molecule has 0 aliphatic heterocycles. The van der Waals surface area contributed by atoms with E-state index in [1.54, 1.807) is 7.11 Å². The molecule has 2 N–H and O–H groups in total. The Bertz CT molecular complexity index is 212. The van der Waals surface area contributed by atoms with E-state index < -0.39 is 0 Å². The van der Waals surface area contributed by atoms with Gasteiger partial charge in [0.25, 0.3) is 0 Å².